The third kappa shape index (κ3) is 6.38. The van der Waals surface area contributed by atoms with Crippen molar-refractivity contribution in [3.05, 3.63) is 23.3 Å². The van der Waals surface area contributed by atoms with Crippen LogP contribution in [-0.2, 0) is 14.3 Å². The molecular formula is C20H30N2O6. The summed E-state index contributed by atoms with van der Waals surface area (Å²) in [4.78, 5) is 24.1. The lowest BCUT2D eigenvalue weighted by Gasteiger charge is -2.27. The molecule has 0 bridgehead atoms. The average Bonchev–Trinajstić information content (AvgIpc) is 3.17. The van der Waals surface area contributed by atoms with Gasteiger partial charge in [0, 0.05) is 18.7 Å². The zero-order valence-electron chi connectivity index (χ0n) is 16.7. The average molecular weight is 394 g/mol. The van der Waals surface area contributed by atoms with Crippen LogP contribution < -0.4 is 10.6 Å². The molecule has 0 aliphatic carbocycles. The predicted octanol–water partition coefficient (Wildman–Crippen LogP) is 1.47. The Morgan fingerprint density at radius 3 is 2.68 bits per heavy atom. The Morgan fingerprint density at radius 2 is 2.00 bits per heavy atom. The minimum Gasteiger partial charge on any atom is -0.504 e. The highest BCUT2D eigenvalue weighted by atomic mass is 16.5. The van der Waals surface area contributed by atoms with E-state index in [0.29, 0.717) is 38.3 Å². The molecule has 1 aromatic carbocycles. The highest BCUT2D eigenvalue weighted by Crippen LogP contribution is 2.28. The first-order valence-electron chi connectivity index (χ1n) is 9.50. The maximum absolute atomic E-state index is 12.1. The highest BCUT2D eigenvalue weighted by Gasteiger charge is 2.25. The van der Waals surface area contributed by atoms with Crippen LogP contribution in [0.1, 0.15) is 42.6 Å². The summed E-state index contributed by atoms with van der Waals surface area (Å²) in [6.45, 7) is 8.10. The number of carbonyl (C=O) groups excluding carboxylic acids is 2. The molecule has 1 atom stereocenters. The molecule has 1 heterocycles. The van der Waals surface area contributed by atoms with E-state index in [0.717, 1.165) is 6.42 Å². The number of phenols is 2. The molecule has 1 aromatic rings. The summed E-state index contributed by atoms with van der Waals surface area (Å²) in [5, 5.41) is 25.2. The Bertz CT molecular complexity index is 698. The molecule has 1 unspecified atom stereocenters. The summed E-state index contributed by atoms with van der Waals surface area (Å²) >= 11 is 0. The van der Waals surface area contributed by atoms with Crippen molar-refractivity contribution in [2.24, 2.45) is 5.92 Å². The van der Waals surface area contributed by atoms with E-state index in [4.69, 9.17) is 9.47 Å². The molecule has 28 heavy (non-hydrogen) atoms. The maximum Gasteiger partial charge on any atom is 0.338 e. The molecule has 0 radical (unpaired) electrons. The number of hydrogen-bond donors (Lipinski definition) is 4. The molecule has 1 aliphatic rings. The largest absolute Gasteiger partial charge is 0.504 e. The summed E-state index contributed by atoms with van der Waals surface area (Å²) in [5.41, 5.74) is 0.462. The van der Waals surface area contributed by atoms with Crippen molar-refractivity contribution in [3.63, 3.8) is 0 Å². The zero-order chi connectivity index (χ0) is 20.7. The second kappa shape index (κ2) is 9.75. The van der Waals surface area contributed by atoms with Crippen LogP contribution in [0.2, 0.25) is 0 Å². The lowest BCUT2D eigenvalue weighted by molar-refractivity contribution is -0.125. The number of nitrogens with one attached hydrogen (secondary N) is 2. The van der Waals surface area contributed by atoms with E-state index in [9.17, 15) is 19.8 Å². The van der Waals surface area contributed by atoms with Crippen LogP contribution in [0.3, 0.4) is 0 Å². The number of aromatic hydroxyl groups is 2. The van der Waals surface area contributed by atoms with Gasteiger partial charge in [-0.05, 0) is 57.9 Å². The fourth-order valence-corrected chi connectivity index (χ4v) is 2.90. The van der Waals surface area contributed by atoms with Crippen molar-refractivity contribution in [1.29, 1.82) is 0 Å². The first-order valence-corrected chi connectivity index (χ1v) is 9.50. The SMILES string of the molecule is Cc1cc(O)c(O)cc1C(=O)OCCCNC(C)(C)CNC(=O)C1CCOC1. The summed E-state index contributed by atoms with van der Waals surface area (Å²) in [6.07, 6.45) is 1.37. The van der Waals surface area contributed by atoms with Crippen LogP contribution in [0.15, 0.2) is 12.1 Å². The maximum atomic E-state index is 12.1. The Hall–Kier alpha value is -2.32. The van der Waals surface area contributed by atoms with E-state index in [2.05, 4.69) is 10.6 Å². The van der Waals surface area contributed by atoms with Gasteiger partial charge < -0.3 is 30.3 Å². The molecule has 0 aromatic heterocycles. The smallest absolute Gasteiger partial charge is 0.338 e. The molecule has 8 nitrogen and oxygen atoms in total. The summed E-state index contributed by atoms with van der Waals surface area (Å²) < 4.78 is 10.5. The Morgan fingerprint density at radius 1 is 1.29 bits per heavy atom. The van der Waals surface area contributed by atoms with Crippen molar-refractivity contribution < 1.29 is 29.3 Å². The van der Waals surface area contributed by atoms with Crippen LogP contribution in [0.5, 0.6) is 11.5 Å². The second-order valence-corrected chi connectivity index (χ2v) is 7.73. The molecule has 1 amide bonds. The summed E-state index contributed by atoms with van der Waals surface area (Å²) in [7, 11) is 0. The van der Waals surface area contributed by atoms with Gasteiger partial charge in [-0.3, -0.25) is 4.79 Å². The van der Waals surface area contributed by atoms with Gasteiger partial charge in [0.1, 0.15) is 0 Å². The predicted molar refractivity (Wildman–Crippen MR) is 103 cm³/mol. The number of carbonyl (C=O) groups is 2. The molecule has 1 aliphatic heterocycles. The Balaban J connectivity index is 1.66. The Labute approximate surface area is 165 Å². The van der Waals surface area contributed by atoms with Crippen LogP contribution >= 0.6 is 0 Å². The van der Waals surface area contributed by atoms with Crippen LogP contribution in [0.4, 0.5) is 0 Å². The molecular weight excluding hydrogens is 364 g/mol. The van der Waals surface area contributed by atoms with E-state index in [-0.39, 0.29) is 41.0 Å². The van der Waals surface area contributed by atoms with Crippen LogP contribution in [-0.4, -0.2) is 60.5 Å². The molecule has 1 fully saturated rings. The number of amides is 1. The number of phenolic OH excluding ortho intramolecular Hbond substituents is 2. The minimum atomic E-state index is -0.543. The third-order valence-electron chi connectivity index (χ3n) is 4.70. The van der Waals surface area contributed by atoms with Gasteiger partial charge in [0.2, 0.25) is 5.91 Å². The quantitative estimate of drug-likeness (QED) is 0.285. The van der Waals surface area contributed by atoms with E-state index < -0.39 is 5.97 Å². The molecule has 1 saturated heterocycles. The van der Waals surface area contributed by atoms with E-state index in [1.54, 1.807) is 6.92 Å². The zero-order valence-corrected chi connectivity index (χ0v) is 16.7. The lowest BCUT2D eigenvalue weighted by atomic mass is 10.0. The van der Waals surface area contributed by atoms with Gasteiger partial charge in [-0.15, -0.1) is 0 Å². The topological polar surface area (TPSA) is 117 Å². The summed E-state index contributed by atoms with van der Waals surface area (Å²) in [6, 6.07) is 2.52. The Kier molecular flexibility index (Phi) is 7.65. The number of esters is 1. The highest BCUT2D eigenvalue weighted by molar-refractivity contribution is 5.91. The van der Waals surface area contributed by atoms with Gasteiger partial charge in [0.25, 0.3) is 0 Å². The fourth-order valence-electron chi connectivity index (χ4n) is 2.90. The molecule has 0 spiro atoms. The van der Waals surface area contributed by atoms with Crippen molar-refractivity contribution in [2.45, 2.75) is 39.2 Å². The molecule has 8 heteroatoms. The number of hydrogen-bond acceptors (Lipinski definition) is 7. The molecule has 0 saturated carbocycles. The number of rotatable bonds is 9. The van der Waals surface area contributed by atoms with Crippen LogP contribution in [0, 0.1) is 12.8 Å². The first kappa shape index (κ1) is 22.0. The summed E-state index contributed by atoms with van der Waals surface area (Å²) in [5.74, 6) is -1.20. The van der Waals surface area contributed by atoms with E-state index in [1.165, 1.54) is 12.1 Å². The standard InChI is InChI=1S/C20H30N2O6/c1-13-9-16(23)17(24)10-15(13)19(26)28-7-4-6-22-20(2,3)12-21-18(25)14-5-8-27-11-14/h9-10,14,22-24H,4-8,11-12H2,1-3H3,(H,21,25). The third-order valence-corrected chi connectivity index (χ3v) is 4.70. The van der Waals surface area contributed by atoms with Gasteiger partial charge in [-0.2, -0.15) is 0 Å². The number of aryl methyl sites for hydroxylation is 1. The van der Waals surface area contributed by atoms with Gasteiger partial charge in [0.15, 0.2) is 11.5 Å². The number of ether oxygens (including phenoxy) is 2. The monoisotopic (exact) mass is 394 g/mol. The van der Waals surface area contributed by atoms with Crippen molar-refractivity contribution in [3.8, 4) is 11.5 Å². The first-order chi connectivity index (χ1) is 13.2. The molecule has 2 rings (SSSR count). The van der Waals surface area contributed by atoms with Crippen molar-refractivity contribution >= 4 is 11.9 Å². The van der Waals surface area contributed by atoms with Gasteiger partial charge in [-0.25, -0.2) is 4.79 Å². The van der Waals surface area contributed by atoms with Crippen molar-refractivity contribution in [2.75, 3.05) is 32.9 Å². The number of benzene rings is 1. The van der Waals surface area contributed by atoms with Crippen molar-refractivity contribution in [1.82, 2.24) is 10.6 Å². The van der Waals surface area contributed by atoms with E-state index in [1.807, 2.05) is 13.8 Å². The normalized spacial score (nSPS) is 16.8. The van der Waals surface area contributed by atoms with Gasteiger partial charge in [0.05, 0.1) is 24.7 Å². The van der Waals surface area contributed by atoms with Gasteiger partial charge in [-0.1, -0.05) is 0 Å². The lowest BCUT2D eigenvalue weighted by Crippen LogP contribution is -2.50. The minimum absolute atomic E-state index is 0.0221. The van der Waals surface area contributed by atoms with Crippen LogP contribution in [0.25, 0.3) is 0 Å². The van der Waals surface area contributed by atoms with E-state index >= 15 is 0 Å². The molecule has 4 N–H and O–H groups in total. The molecule has 156 valence electrons. The second-order valence-electron chi connectivity index (χ2n) is 7.73. The van der Waals surface area contributed by atoms with Gasteiger partial charge >= 0.3 is 5.97 Å². The fraction of sp³-hybridized carbons (Fsp3) is 0.600.